The molecule has 8 N–H and O–H groups in total. The van der Waals surface area contributed by atoms with Gasteiger partial charge in [0.05, 0.1) is 6.04 Å². The van der Waals surface area contributed by atoms with Crippen LogP contribution in [-0.2, 0) is 30.4 Å². The SMILES string of the molecule is CC(C)CC(N)C(=O)NC(CCC(N)=O)C(=O)NC(C)C(=O)NC(Cc1ccccc1)C(=O)O. The van der Waals surface area contributed by atoms with Crippen LogP contribution in [0.25, 0.3) is 0 Å². The number of carboxylic acid groups (broad SMARTS) is 1. The third kappa shape index (κ3) is 10.4. The lowest BCUT2D eigenvalue weighted by Crippen LogP contribution is -2.56. The van der Waals surface area contributed by atoms with Gasteiger partial charge in [-0.25, -0.2) is 4.79 Å². The minimum atomic E-state index is -1.22. The number of amides is 4. The second-order valence-corrected chi connectivity index (χ2v) is 8.62. The number of carbonyl (C=O) groups excluding carboxylic acids is 4. The van der Waals surface area contributed by atoms with Gasteiger partial charge in [-0.05, 0) is 31.2 Å². The van der Waals surface area contributed by atoms with Gasteiger partial charge < -0.3 is 32.5 Å². The van der Waals surface area contributed by atoms with Gasteiger partial charge in [0, 0.05) is 12.8 Å². The Morgan fingerprint density at radius 1 is 0.882 bits per heavy atom. The number of primary amides is 1. The smallest absolute Gasteiger partial charge is 0.326 e. The topological polar surface area (TPSA) is 194 Å². The maximum Gasteiger partial charge on any atom is 0.326 e. The third-order valence-corrected chi connectivity index (χ3v) is 5.02. The zero-order valence-corrected chi connectivity index (χ0v) is 19.7. The summed E-state index contributed by atoms with van der Waals surface area (Å²) in [5.41, 5.74) is 11.8. The van der Waals surface area contributed by atoms with Crippen molar-refractivity contribution in [2.24, 2.45) is 17.4 Å². The Hall–Kier alpha value is -3.47. The highest BCUT2D eigenvalue weighted by Gasteiger charge is 2.28. The normalized spacial score (nSPS) is 14.4. The summed E-state index contributed by atoms with van der Waals surface area (Å²) in [4.78, 5) is 60.5. The van der Waals surface area contributed by atoms with Crippen molar-refractivity contribution in [3.63, 3.8) is 0 Å². The van der Waals surface area contributed by atoms with Gasteiger partial charge in [0.15, 0.2) is 0 Å². The molecule has 0 saturated heterocycles. The van der Waals surface area contributed by atoms with Gasteiger partial charge in [-0.3, -0.25) is 19.2 Å². The maximum atomic E-state index is 12.7. The van der Waals surface area contributed by atoms with E-state index in [-0.39, 0.29) is 25.2 Å². The molecule has 4 unspecified atom stereocenters. The quantitative estimate of drug-likeness (QED) is 0.206. The molecule has 188 valence electrons. The Bertz CT molecular complexity index is 861. The van der Waals surface area contributed by atoms with E-state index in [0.717, 1.165) is 5.56 Å². The molecule has 1 rings (SSSR count). The molecular weight excluding hydrogens is 442 g/mol. The number of rotatable bonds is 14. The summed E-state index contributed by atoms with van der Waals surface area (Å²) in [6, 6.07) is 4.48. The summed E-state index contributed by atoms with van der Waals surface area (Å²) < 4.78 is 0. The van der Waals surface area contributed by atoms with Crippen molar-refractivity contribution in [1.29, 1.82) is 0 Å². The monoisotopic (exact) mass is 477 g/mol. The van der Waals surface area contributed by atoms with Crippen LogP contribution >= 0.6 is 0 Å². The lowest BCUT2D eigenvalue weighted by molar-refractivity contribution is -0.142. The number of nitrogens with two attached hydrogens (primary N) is 2. The molecule has 1 aromatic carbocycles. The molecule has 0 heterocycles. The van der Waals surface area contributed by atoms with Crippen molar-refractivity contribution in [3.05, 3.63) is 35.9 Å². The third-order valence-electron chi connectivity index (χ3n) is 5.02. The van der Waals surface area contributed by atoms with Crippen LogP contribution in [0.5, 0.6) is 0 Å². The van der Waals surface area contributed by atoms with Crippen LogP contribution in [-0.4, -0.2) is 58.9 Å². The predicted octanol–water partition coefficient (Wildman–Crippen LogP) is -0.573. The van der Waals surface area contributed by atoms with E-state index < -0.39 is 53.8 Å². The molecule has 34 heavy (non-hydrogen) atoms. The van der Waals surface area contributed by atoms with Crippen LogP contribution in [0.3, 0.4) is 0 Å². The Labute approximate surface area is 199 Å². The molecule has 4 atom stereocenters. The first kappa shape index (κ1) is 28.6. The Balaban J connectivity index is 2.80. The maximum absolute atomic E-state index is 12.7. The molecule has 0 aliphatic carbocycles. The van der Waals surface area contributed by atoms with Gasteiger partial charge in [-0.2, -0.15) is 0 Å². The van der Waals surface area contributed by atoms with E-state index in [9.17, 15) is 29.1 Å². The van der Waals surface area contributed by atoms with E-state index in [1.165, 1.54) is 6.92 Å². The average molecular weight is 478 g/mol. The lowest BCUT2D eigenvalue weighted by Gasteiger charge is -2.23. The molecule has 0 aromatic heterocycles. The van der Waals surface area contributed by atoms with Crippen LogP contribution in [0.1, 0.15) is 45.6 Å². The van der Waals surface area contributed by atoms with Crippen molar-refractivity contribution in [2.45, 2.75) is 70.6 Å². The predicted molar refractivity (Wildman–Crippen MR) is 125 cm³/mol. The number of carboxylic acids is 1. The fourth-order valence-electron chi connectivity index (χ4n) is 3.18. The van der Waals surface area contributed by atoms with E-state index in [4.69, 9.17) is 11.5 Å². The molecule has 0 radical (unpaired) electrons. The van der Waals surface area contributed by atoms with Crippen molar-refractivity contribution >= 4 is 29.6 Å². The molecule has 0 saturated carbocycles. The first-order valence-electron chi connectivity index (χ1n) is 11.1. The van der Waals surface area contributed by atoms with Gasteiger partial charge in [0.1, 0.15) is 18.1 Å². The fraction of sp³-hybridized carbons (Fsp3) is 0.522. The molecule has 4 amide bonds. The van der Waals surface area contributed by atoms with Gasteiger partial charge in [0.25, 0.3) is 0 Å². The van der Waals surface area contributed by atoms with Crippen LogP contribution in [0, 0.1) is 5.92 Å². The highest BCUT2D eigenvalue weighted by molar-refractivity contribution is 5.94. The van der Waals surface area contributed by atoms with E-state index in [0.29, 0.717) is 6.42 Å². The first-order chi connectivity index (χ1) is 15.9. The molecule has 0 spiro atoms. The largest absolute Gasteiger partial charge is 0.480 e. The van der Waals surface area contributed by atoms with E-state index in [1.807, 2.05) is 13.8 Å². The Morgan fingerprint density at radius 2 is 1.47 bits per heavy atom. The number of benzene rings is 1. The second kappa shape index (κ2) is 13.9. The molecule has 0 fully saturated rings. The lowest BCUT2D eigenvalue weighted by atomic mass is 10.0. The molecule has 0 aliphatic rings. The summed E-state index contributed by atoms with van der Waals surface area (Å²) in [6.07, 6.45) is 0.207. The Morgan fingerprint density at radius 3 is 2.00 bits per heavy atom. The van der Waals surface area contributed by atoms with Gasteiger partial charge in [-0.1, -0.05) is 44.2 Å². The fourth-order valence-corrected chi connectivity index (χ4v) is 3.18. The zero-order chi connectivity index (χ0) is 25.8. The van der Waals surface area contributed by atoms with E-state index in [1.54, 1.807) is 30.3 Å². The average Bonchev–Trinajstić information content (AvgIpc) is 2.75. The van der Waals surface area contributed by atoms with Gasteiger partial charge in [0.2, 0.25) is 23.6 Å². The van der Waals surface area contributed by atoms with Crippen molar-refractivity contribution in [3.8, 4) is 0 Å². The molecule has 11 nitrogen and oxygen atoms in total. The molecule has 1 aromatic rings. The molecule has 11 heteroatoms. The molecular formula is C23H35N5O6. The molecule has 0 aliphatic heterocycles. The zero-order valence-electron chi connectivity index (χ0n) is 19.7. The molecule has 0 bridgehead atoms. The number of hydrogen-bond acceptors (Lipinski definition) is 6. The van der Waals surface area contributed by atoms with E-state index >= 15 is 0 Å². The second-order valence-electron chi connectivity index (χ2n) is 8.62. The Kier molecular flexibility index (Phi) is 11.7. The minimum Gasteiger partial charge on any atom is -0.480 e. The van der Waals surface area contributed by atoms with Crippen molar-refractivity contribution in [1.82, 2.24) is 16.0 Å². The summed E-state index contributed by atoms with van der Waals surface area (Å²) >= 11 is 0. The van der Waals surface area contributed by atoms with Crippen LogP contribution in [0.2, 0.25) is 0 Å². The van der Waals surface area contributed by atoms with E-state index in [2.05, 4.69) is 16.0 Å². The number of hydrogen-bond donors (Lipinski definition) is 6. The summed E-state index contributed by atoms with van der Waals surface area (Å²) in [5.74, 6) is -3.72. The standard InChI is InChI=1S/C23H35N5O6/c1-13(2)11-16(24)21(31)27-17(9-10-19(25)29)22(32)26-14(3)20(30)28-18(23(33)34)12-15-7-5-4-6-8-15/h4-8,13-14,16-18H,9-12,24H2,1-3H3,(H2,25,29)(H,26,32)(H,27,31)(H,28,30)(H,33,34). The van der Waals surface area contributed by atoms with Gasteiger partial charge >= 0.3 is 5.97 Å². The van der Waals surface area contributed by atoms with Gasteiger partial charge in [-0.15, -0.1) is 0 Å². The van der Waals surface area contributed by atoms with Crippen LogP contribution in [0.4, 0.5) is 0 Å². The highest BCUT2D eigenvalue weighted by atomic mass is 16.4. The number of nitrogens with one attached hydrogen (secondary N) is 3. The number of aliphatic carboxylic acids is 1. The highest BCUT2D eigenvalue weighted by Crippen LogP contribution is 2.06. The van der Waals surface area contributed by atoms with Crippen LogP contribution in [0.15, 0.2) is 30.3 Å². The summed E-state index contributed by atoms with van der Waals surface area (Å²) in [5, 5.41) is 16.8. The number of carbonyl (C=O) groups is 5. The van der Waals surface area contributed by atoms with Crippen LogP contribution < -0.4 is 27.4 Å². The first-order valence-corrected chi connectivity index (χ1v) is 11.1. The van der Waals surface area contributed by atoms with Crippen molar-refractivity contribution < 1.29 is 29.1 Å². The minimum absolute atomic E-state index is 0.0631. The van der Waals surface area contributed by atoms with Crippen molar-refractivity contribution in [2.75, 3.05) is 0 Å². The summed E-state index contributed by atoms with van der Waals surface area (Å²) in [7, 11) is 0. The summed E-state index contributed by atoms with van der Waals surface area (Å²) in [6.45, 7) is 5.17.